The fraction of sp³-hybridized carbons (Fsp3) is 0.250. The van der Waals surface area contributed by atoms with E-state index in [0.717, 1.165) is 24.4 Å². The van der Waals surface area contributed by atoms with Gasteiger partial charge in [0.2, 0.25) is 0 Å². The van der Waals surface area contributed by atoms with Crippen molar-refractivity contribution in [2.24, 2.45) is 5.92 Å². The van der Waals surface area contributed by atoms with E-state index in [9.17, 15) is 9.18 Å². The van der Waals surface area contributed by atoms with Gasteiger partial charge in [0.15, 0.2) is 0 Å². The van der Waals surface area contributed by atoms with E-state index < -0.39 is 0 Å². The molecule has 1 aromatic carbocycles. The molecule has 1 aliphatic rings. The smallest absolute Gasteiger partial charge is 0.266 e. The molecule has 3 aromatic rings. The maximum atomic E-state index is 13.5. The van der Waals surface area contributed by atoms with E-state index in [-0.39, 0.29) is 11.4 Å². The van der Waals surface area contributed by atoms with Crippen LogP contribution >= 0.6 is 0 Å². The number of fused-ring (bicyclic) bond motifs is 1. The van der Waals surface area contributed by atoms with Crippen LogP contribution in [0.25, 0.3) is 10.9 Å². The summed E-state index contributed by atoms with van der Waals surface area (Å²) in [4.78, 5) is 22.2. The van der Waals surface area contributed by atoms with Gasteiger partial charge in [-0.05, 0) is 24.3 Å². The van der Waals surface area contributed by atoms with Crippen molar-refractivity contribution in [3.63, 3.8) is 0 Å². The lowest BCUT2D eigenvalue weighted by Gasteiger charge is -2.40. The Morgan fingerprint density at radius 3 is 2.91 bits per heavy atom. The molecule has 6 nitrogen and oxygen atoms in total. The summed E-state index contributed by atoms with van der Waals surface area (Å²) in [5, 5.41) is 4.78. The Labute approximate surface area is 131 Å². The van der Waals surface area contributed by atoms with Crippen LogP contribution in [0.4, 0.5) is 10.2 Å². The van der Waals surface area contributed by atoms with Gasteiger partial charge in [0, 0.05) is 36.7 Å². The summed E-state index contributed by atoms with van der Waals surface area (Å²) in [6, 6.07) is 7.64. The average molecular weight is 311 g/mol. The highest BCUT2D eigenvalue weighted by Gasteiger charge is 2.29. The number of hydrogen-bond acceptors (Lipinski definition) is 5. The molecular weight excluding hydrogens is 297 g/mol. The van der Waals surface area contributed by atoms with Crippen molar-refractivity contribution in [1.29, 1.82) is 0 Å². The van der Waals surface area contributed by atoms with Crippen LogP contribution in [0.3, 0.4) is 0 Å². The van der Waals surface area contributed by atoms with Crippen molar-refractivity contribution in [1.82, 2.24) is 19.7 Å². The minimum Gasteiger partial charge on any atom is -0.355 e. The third-order valence-electron chi connectivity index (χ3n) is 4.05. The minimum absolute atomic E-state index is 0.0968. The van der Waals surface area contributed by atoms with Crippen LogP contribution in [-0.4, -0.2) is 32.8 Å². The largest absolute Gasteiger partial charge is 0.355 e. The highest BCUT2D eigenvalue weighted by atomic mass is 19.1. The molecule has 116 valence electrons. The van der Waals surface area contributed by atoms with Crippen LogP contribution in [0.2, 0.25) is 0 Å². The number of halogens is 1. The van der Waals surface area contributed by atoms with E-state index in [0.29, 0.717) is 17.8 Å². The minimum atomic E-state index is -0.300. The number of anilines is 1. The summed E-state index contributed by atoms with van der Waals surface area (Å²) < 4.78 is 15.0. The fourth-order valence-electron chi connectivity index (χ4n) is 2.89. The monoisotopic (exact) mass is 311 g/mol. The Balaban J connectivity index is 1.53. The lowest BCUT2D eigenvalue weighted by Crippen LogP contribution is -2.50. The second-order valence-electron chi connectivity index (χ2n) is 5.67. The van der Waals surface area contributed by atoms with Gasteiger partial charge >= 0.3 is 0 Å². The Morgan fingerprint density at radius 1 is 1.22 bits per heavy atom. The van der Waals surface area contributed by atoms with Gasteiger partial charge in [0.25, 0.3) is 5.56 Å². The zero-order chi connectivity index (χ0) is 15.8. The van der Waals surface area contributed by atoms with Crippen molar-refractivity contribution in [3.05, 3.63) is 59.0 Å². The van der Waals surface area contributed by atoms with Crippen LogP contribution in [0.15, 0.2) is 47.7 Å². The molecule has 0 radical (unpaired) electrons. The van der Waals surface area contributed by atoms with E-state index in [1.807, 2.05) is 0 Å². The van der Waals surface area contributed by atoms with Crippen molar-refractivity contribution < 1.29 is 4.39 Å². The summed E-state index contributed by atoms with van der Waals surface area (Å²) >= 11 is 0. The Morgan fingerprint density at radius 2 is 2.09 bits per heavy atom. The fourth-order valence-corrected chi connectivity index (χ4v) is 2.89. The molecule has 4 rings (SSSR count). The second-order valence-corrected chi connectivity index (χ2v) is 5.67. The van der Waals surface area contributed by atoms with Crippen LogP contribution in [-0.2, 0) is 6.54 Å². The number of nitrogens with zero attached hydrogens (tertiary/aromatic N) is 5. The normalized spacial score (nSPS) is 14.9. The first kappa shape index (κ1) is 13.8. The molecule has 0 bridgehead atoms. The van der Waals surface area contributed by atoms with Gasteiger partial charge in [0.1, 0.15) is 18.0 Å². The van der Waals surface area contributed by atoms with Crippen molar-refractivity contribution in [2.75, 3.05) is 18.0 Å². The highest BCUT2D eigenvalue weighted by molar-refractivity contribution is 5.89. The molecule has 0 spiro atoms. The van der Waals surface area contributed by atoms with Gasteiger partial charge < -0.3 is 4.90 Å². The van der Waals surface area contributed by atoms with Gasteiger partial charge in [-0.1, -0.05) is 0 Å². The molecule has 0 unspecified atom stereocenters. The third kappa shape index (κ3) is 2.54. The van der Waals surface area contributed by atoms with E-state index in [1.54, 1.807) is 18.3 Å². The molecule has 1 aliphatic heterocycles. The van der Waals surface area contributed by atoms with Crippen LogP contribution < -0.4 is 10.5 Å². The molecule has 0 saturated carbocycles. The highest BCUT2D eigenvalue weighted by Crippen LogP contribution is 2.29. The summed E-state index contributed by atoms with van der Waals surface area (Å²) in [7, 11) is 0. The Bertz CT molecular complexity index is 919. The average Bonchev–Trinajstić information content (AvgIpc) is 2.52. The lowest BCUT2D eigenvalue weighted by molar-refractivity contribution is 0.333. The first-order valence-corrected chi connectivity index (χ1v) is 7.38. The van der Waals surface area contributed by atoms with Gasteiger partial charge in [-0.3, -0.25) is 4.79 Å². The van der Waals surface area contributed by atoms with E-state index >= 15 is 0 Å². The van der Waals surface area contributed by atoms with Gasteiger partial charge in [-0.2, -0.15) is 5.10 Å². The predicted molar refractivity (Wildman–Crippen MR) is 83.7 cm³/mol. The molecule has 1 fully saturated rings. The molecule has 0 atom stereocenters. The molecule has 0 amide bonds. The topological polar surface area (TPSA) is 63.9 Å². The van der Waals surface area contributed by atoms with E-state index in [2.05, 4.69) is 20.0 Å². The zero-order valence-corrected chi connectivity index (χ0v) is 12.3. The quantitative estimate of drug-likeness (QED) is 0.733. The maximum Gasteiger partial charge on any atom is 0.266 e. The van der Waals surface area contributed by atoms with Gasteiger partial charge in [0.05, 0.1) is 12.1 Å². The zero-order valence-electron chi connectivity index (χ0n) is 12.3. The van der Waals surface area contributed by atoms with Crippen LogP contribution in [0.1, 0.15) is 0 Å². The van der Waals surface area contributed by atoms with E-state index in [4.69, 9.17) is 0 Å². The number of rotatable bonds is 3. The van der Waals surface area contributed by atoms with Gasteiger partial charge in [-0.15, -0.1) is 0 Å². The predicted octanol–water partition coefficient (Wildman–Crippen LogP) is 1.46. The SMILES string of the molecule is O=c1cccnn1CC1CN(c2ncnc3ccc(F)cc23)C1. The lowest BCUT2D eigenvalue weighted by atomic mass is 9.99. The molecule has 0 N–H and O–H groups in total. The van der Waals surface area contributed by atoms with Crippen molar-refractivity contribution >= 4 is 16.7 Å². The second kappa shape index (κ2) is 5.42. The standard InChI is InChI=1S/C16H14FN5O/c17-12-3-4-14-13(6-12)16(19-10-18-14)21-7-11(8-21)9-22-15(23)2-1-5-20-22/h1-6,10-11H,7-9H2. The Kier molecular flexibility index (Phi) is 3.25. The summed E-state index contributed by atoms with van der Waals surface area (Å²) in [5.41, 5.74) is 0.626. The summed E-state index contributed by atoms with van der Waals surface area (Å²) in [6.07, 6.45) is 3.10. The molecule has 23 heavy (non-hydrogen) atoms. The maximum absolute atomic E-state index is 13.5. The number of benzene rings is 1. The Hall–Kier alpha value is -2.83. The summed E-state index contributed by atoms with van der Waals surface area (Å²) in [6.45, 7) is 2.09. The molecule has 2 aromatic heterocycles. The third-order valence-corrected chi connectivity index (χ3v) is 4.05. The first-order chi connectivity index (χ1) is 11.2. The van der Waals surface area contributed by atoms with E-state index in [1.165, 1.54) is 29.2 Å². The van der Waals surface area contributed by atoms with Gasteiger partial charge in [-0.25, -0.2) is 19.0 Å². The van der Waals surface area contributed by atoms with Crippen LogP contribution in [0.5, 0.6) is 0 Å². The molecule has 7 heteroatoms. The van der Waals surface area contributed by atoms with Crippen LogP contribution in [0, 0.1) is 11.7 Å². The van der Waals surface area contributed by atoms with Crippen molar-refractivity contribution in [3.8, 4) is 0 Å². The van der Waals surface area contributed by atoms with Crippen molar-refractivity contribution in [2.45, 2.75) is 6.54 Å². The summed E-state index contributed by atoms with van der Waals surface area (Å²) in [5.74, 6) is 0.756. The molecule has 0 aliphatic carbocycles. The molecular formula is C16H14FN5O. The molecule has 1 saturated heterocycles. The first-order valence-electron chi connectivity index (χ1n) is 7.38. The molecule has 3 heterocycles. The number of hydrogen-bond donors (Lipinski definition) is 0. The number of aromatic nitrogens is 4.